The van der Waals surface area contributed by atoms with Crippen molar-refractivity contribution in [3.63, 3.8) is 0 Å². The Morgan fingerprint density at radius 1 is 0.432 bits per heavy atom. The smallest absolute Gasteiger partial charge is 0.870 e. The van der Waals surface area contributed by atoms with Gasteiger partial charge >= 0.3 is 133 Å². The van der Waals surface area contributed by atoms with Crippen LogP contribution in [0.5, 0.6) is 23.0 Å². The molecule has 0 fully saturated rings. The monoisotopic (exact) mass is 1460 g/mol. The van der Waals surface area contributed by atoms with Crippen molar-refractivity contribution >= 4 is 60.2 Å². The van der Waals surface area contributed by atoms with Crippen molar-refractivity contribution in [2.24, 2.45) is 9.98 Å². The second-order valence-electron chi connectivity index (χ2n) is 11.7. The summed E-state index contributed by atoms with van der Waals surface area (Å²) in [6.45, 7) is 13.3. The molecule has 24 nitrogen and oxygen atoms in total. The molecule has 0 unspecified atom stereocenters. The SMILES string of the molecule is CC(=O)[O-].CC(=O)[O-].CC(=O)[O-].CC(=O)[O-].CC(=O)[O-].CC(=O)[O-].CC(=O)[O-].CC(=O)[O-].CCOc1cccc(C=NCc2ccccn2)c1[O-].CCOc1cccc(C=NCc2ccccn2)c1[O-].[Yb+3].[Yb+3].[Zn+2].[Zn+2]. The maximum absolute atomic E-state index is 12.0. The van der Waals surface area contributed by atoms with Gasteiger partial charge in [-0.1, -0.05) is 47.9 Å². The van der Waals surface area contributed by atoms with Crippen molar-refractivity contribution < 1.29 is 232 Å². The topological polar surface area (TPSA) is 436 Å². The Hall–Kier alpha value is -4.67. The van der Waals surface area contributed by atoms with Gasteiger partial charge in [0.25, 0.3) is 0 Å². The number of benzene rings is 2. The molecule has 0 aliphatic carbocycles. The molecule has 0 amide bonds. The third-order valence-corrected chi connectivity index (χ3v) is 5.04. The fourth-order valence-corrected chi connectivity index (χ4v) is 3.27. The molecule has 410 valence electrons. The van der Waals surface area contributed by atoms with Gasteiger partial charge in [-0.3, -0.25) is 20.0 Å². The van der Waals surface area contributed by atoms with Gasteiger partial charge in [0.2, 0.25) is 0 Å². The normalized spacial score (nSPS) is 8.24. The third kappa shape index (κ3) is 90.1. The average Bonchev–Trinajstić information content (AvgIpc) is 3.20. The summed E-state index contributed by atoms with van der Waals surface area (Å²) in [6.07, 6.45) is 6.58. The van der Waals surface area contributed by atoms with Gasteiger partial charge in [0.15, 0.2) is 0 Å². The van der Waals surface area contributed by atoms with Crippen molar-refractivity contribution in [3.8, 4) is 23.0 Å². The molecule has 28 heteroatoms. The molecular weight excluding hydrogens is 1410 g/mol. The molecule has 0 saturated heterocycles. The van der Waals surface area contributed by atoms with E-state index in [1.807, 2.05) is 50.2 Å². The zero-order chi connectivity index (χ0) is 55.6. The fourth-order valence-electron chi connectivity index (χ4n) is 3.27. The van der Waals surface area contributed by atoms with Crippen LogP contribution in [0, 0.1) is 93.8 Å². The van der Waals surface area contributed by atoms with E-state index in [1.54, 1.807) is 61.2 Å². The molecule has 2 aromatic carbocycles. The number of hydrogen-bond donors (Lipinski definition) is 0. The van der Waals surface area contributed by atoms with Crippen molar-refractivity contribution in [2.45, 2.75) is 82.3 Å². The van der Waals surface area contributed by atoms with Gasteiger partial charge in [0.1, 0.15) is 11.5 Å². The maximum Gasteiger partial charge on any atom is 3.00 e. The fraction of sp³-hybridized carbons (Fsp3) is 0.304. The molecule has 0 N–H and O–H groups in total. The number of ether oxygens (including phenoxy) is 2. The Bertz CT molecular complexity index is 1880. The molecule has 0 atom stereocenters. The number of carbonyl (C=O) groups is 8. The first kappa shape index (κ1) is 92.0. The first-order valence-corrected chi connectivity index (χ1v) is 19.5. The summed E-state index contributed by atoms with van der Waals surface area (Å²) in [5.74, 6) is -8.20. The first-order chi connectivity index (χ1) is 32.5. The Balaban J connectivity index is -0.0000000856. The van der Waals surface area contributed by atoms with E-state index in [-0.39, 0.29) is 144 Å². The Morgan fingerprint density at radius 2 is 0.662 bits per heavy atom. The first-order valence-electron chi connectivity index (χ1n) is 19.5. The second kappa shape index (κ2) is 64.4. The number of pyridine rings is 2. The minimum atomic E-state index is -1.08. The quantitative estimate of drug-likeness (QED) is 0.105. The Morgan fingerprint density at radius 3 is 0.851 bits per heavy atom. The summed E-state index contributed by atoms with van der Waals surface area (Å²) in [7, 11) is 0. The average molecular weight is 1460 g/mol. The molecule has 0 spiro atoms. The standard InChI is InChI=1S/2C15H16N2O2.8C2H4O2.2Yb.2Zn/c2*1-2-19-14-8-5-6-12(15(14)18)10-16-11-13-7-3-4-9-17-13;8*1-2(3)4;;;;/h2*3-10,18H,2,11H2,1H3;8*1H3,(H,3,4);;;;/q;;;;;;;;;;2*+3;2*+2/p-10. The van der Waals surface area contributed by atoms with Crippen LogP contribution in [0.2, 0.25) is 0 Å². The number of para-hydroxylation sites is 2. The van der Waals surface area contributed by atoms with E-state index < -0.39 is 47.8 Å². The molecule has 2 heterocycles. The number of aliphatic imine (C=N–C) groups is 2. The minimum absolute atomic E-state index is 0. The summed E-state index contributed by atoms with van der Waals surface area (Å²) in [5.41, 5.74) is 2.79. The van der Waals surface area contributed by atoms with E-state index in [9.17, 15) is 10.2 Å². The van der Waals surface area contributed by atoms with Crippen LogP contribution >= 0.6 is 0 Å². The summed E-state index contributed by atoms with van der Waals surface area (Å²) >= 11 is 0. The number of carbonyl (C=O) groups excluding carboxylic acids is 8. The predicted molar refractivity (Wildman–Crippen MR) is 231 cm³/mol. The van der Waals surface area contributed by atoms with Gasteiger partial charge in [-0.2, -0.15) is 0 Å². The molecule has 4 aromatic rings. The van der Waals surface area contributed by atoms with Gasteiger partial charge in [0.05, 0.1) is 37.7 Å². The number of nitrogens with zero attached hydrogens (tertiary/aromatic N) is 4. The molecule has 4 rings (SSSR count). The zero-order valence-corrected chi connectivity index (χ0v) is 51.3. The molecule has 0 aliphatic heterocycles. The van der Waals surface area contributed by atoms with E-state index in [0.717, 1.165) is 66.8 Å². The van der Waals surface area contributed by atoms with E-state index >= 15 is 0 Å². The summed E-state index contributed by atoms with van der Waals surface area (Å²) < 4.78 is 10.5. The third-order valence-electron chi connectivity index (χ3n) is 5.04. The predicted octanol–water partition coefficient (Wildman–Crippen LogP) is -5.61. The van der Waals surface area contributed by atoms with Crippen LogP contribution in [0.15, 0.2) is 95.2 Å². The molecule has 74 heavy (non-hydrogen) atoms. The number of aromatic nitrogens is 2. The van der Waals surface area contributed by atoms with Crippen LogP contribution in [0.25, 0.3) is 0 Å². The Labute approximate surface area is 531 Å². The largest absolute Gasteiger partial charge is 3.00 e. The van der Waals surface area contributed by atoms with Crippen LogP contribution in [0.4, 0.5) is 0 Å². The molecule has 2 aromatic heterocycles. The van der Waals surface area contributed by atoms with Gasteiger partial charge in [0, 0.05) is 72.6 Å². The molecule has 0 aliphatic rings. The second-order valence-corrected chi connectivity index (χ2v) is 11.7. The van der Waals surface area contributed by atoms with Crippen LogP contribution in [-0.2, 0) is 90.4 Å². The zero-order valence-electron chi connectivity index (χ0n) is 42.0. The van der Waals surface area contributed by atoms with Crippen molar-refractivity contribution in [2.75, 3.05) is 13.2 Å². The number of rotatable bonds is 10. The Kier molecular flexibility index (Phi) is 80.1. The minimum Gasteiger partial charge on any atom is -0.870 e. The number of hydrogen-bond acceptors (Lipinski definition) is 24. The van der Waals surface area contributed by atoms with E-state index in [4.69, 9.17) is 88.7 Å². The van der Waals surface area contributed by atoms with Crippen molar-refractivity contribution in [1.82, 2.24) is 9.97 Å². The van der Waals surface area contributed by atoms with Crippen molar-refractivity contribution in [3.05, 3.63) is 108 Å². The van der Waals surface area contributed by atoms with E-state index in [0.29, 0.717) is 48.9 Å². The van der Waals surface area contributed by atoms with E-state index in [2.05, 4.69) is 20.0 Å². The van der Waals surface area contributed by atoms with Crippen LogP contribution in [-0.4, -0.2) is 83.4 Å². The van der Waals surface area contributed by atoms with Gasteiger partial charge in [-0.15, -0.1) is 0 Å². The van der Waals surface area contributed by atoms with Crippen LogP contribution in [0.3, 0.4) is 0 Å². The molecular formula is C46H54N4O20Yb2Zn2. The number of carboxylic acids is 8. The van der Waals surface area contributed by atoms with Gasteiger partial charge in [-0.05, 0) is 117 Å². The van der Waals surface area contributed by atoms with Crippen LogP contribution < -0.4 is 60.5 Å². The summed E-state index contributed by atoms with van der Waals surface area (Å²) in [6, 6.07) is 21.7. The summed E-state index contributed by atoms with van der Waals surface area (Å²) in [5, 5.41) is 95.0. The molecule has 0 bridgehead atoms. The number of carboxylic acid groups (broad SMARTS) is 8. The van der Waals surface area contributed by atoms with Crippen LogP contribution in [0.1, 0.15) is 91.8 Å². The molecule has 0 saturated carbocycles. The maximum atomic E-state index is 12.0. The van der Waals surface area contributed by atoms with E-state index in [1.165, 1.54) is 0 Å². The van der Waals surface area contributed by atoms with Gasteiger partial charge in [-0.25, -0.2) is 0 Å². The number of aliphatic carboxylic acids is 8. The molecule has 2 radical (unpaired) electrons. The summed E-state index contributed by atoms with van der Waals surface area (Å²) in [4.78, 5) is 87.9. The van der Waals surface area contributed by atoms with Gasteiger partial charge < -0.3 is 98.9 Å². The van der Waals surface area contributed by atoms with Crippen molar-refractivity contribution in [1.29, 1.82) is 0 Å².